The van der Waals surface area contributed by atoms with Crippen molar-refractivity contribution in [1.29, 1.82) is 0 Å². The average Bonchev–Trinajstić information content (AvgIpc) is 3.07. The van der Waals surface area contributed by atoms with E-state index in [-0.39, 0.29) is 12.3 Å². The van der Waals surface area contributed by atoms with Gasteiger partial charge in [0.1, 0.15) is 5.52 Å². The Kier molecular flexibility index (Phi) is 9.65. The Labute approximate surface area is 164 Å². The smallest absolute Gasteiger partial charge is 0.481 e. The normalized spacial score (nSPS) is 10.8. The topological polar surface area (TPSA) is 130 Å². The second kappa shape index (κ2) is 11.4. The SMILES string of the molecule is O=C(O)C(F)(F)F.O=C(O)CCSSCCNC(=O)c1cnc2ccoc2c1. The lowest BCUT2D eigenvalue weighted by Crippen LogP contribution is -2.25. The van der Waals surface area contributed by atoms with E-state index in [1.165, 1.54) is 23.3 Å². The lowest BCUT2D eigenvalue weighted by Gasteiger charge is -2.04. The largest absolute Gasteiger partial charge is 0.490 e. The summed E-state index contributed by atoms with van der Waals surface area (Å²) in [4.78, 5) is 35.2. The summed E-state index contributed by atoms with van der Waals surface area (Å²) in [5.74, 6) is -2.47. The first kappa shape index (κ1) is 23.6. The number of pyridine rings is 1. The minimum atomic E-state index is -5.08. The summed E-state index contributed by atoms with van der Waals surface area (Å²) >= 11 is 0. The Morgan fingerprint density at radius 3 is 2.43 bits per heavy atom. The van der Waals surface area contributed by atoms with Crippen LogP contribution in [0.3, 0.4) is 0 Å². The Morgan fingerprint density at radius 2 is 1.82 bits per heavy atom. The highest BCUT2D eigenvalue weighted by molar-refractivity contribution is 8.76. The average molecular weight is 440 g/mol. The van der Waals surface area contributed by atoms with Crippen molar-refractivity contribution >= 4 is 50.5 Å². The third-order valence-corrected chi connectivity index (χ3v) is 5.17. The van der Waals surface area contributed by atoms with Crippen LogP contribution in [0.5, 0.6) is 0 Å². The van der Waals surface area contributed by atoms with Gasteiger partial charge in [-0.1, -0.05) is 21.6 Å². The van der Waals surface area contributed by atoms with Crippen LogP contribution in [0.1, 0.15) is 16.8 Å². The van der Waals surface area contributed by atoms with E-state index in [9.17, 15) is 22.8 Å². The fraction of sp³-hybridized carbons (Fsp3) is 0.333. The van der Waals surface area contributed by atoms with Crippen LogP contribution in [-0.2, 0) is 9.59 Å². The maximum absolute atomic E-state index is 11.9. The number of hydrogen-bond donors (Lipinski definition) is 3. The number of nitrogens with zero attached hydrogens (tertiary/aromatic N) is 1. The molecule has 2 aromatic heterocycles. The number of carboxylic acid groups (broad SMARTS) is 2. The molecule has 2 rings (SSSR count). The monoisotopic (exact) mass is 440 g/mol. The van der Waals surface area contributed by atoms with Gasteiger partial charge in [-0.15, -0.1) is 0 Å². The van der Waals surface area contributed by atoms with Crippen LogP contribution in [0, 0.1) is 0 Å². The zero-order valence-corrected chi connectivity index (χ0v) is 15.7. The lowest BCUT2D eigenvalue weighted by atomic mass is 10.2. The van der Waals surface area contributed by atoms with Gasteiger partial charge in [-0.2, -0.15) is 13.2 Å². The molecule has 0 spiro atoms. The van der Waals surface area contributed by atoms with Gasteiger partial charge in [-0.25, -0.2) is 4.79 Å². The molecule has 0 unspecified atom stereocenters. The maximum atomic E-state index is 11.9. The number of amides is 1. The van der Waals surface area contributed by atoms with Gasteiger partial charge in [-0.3, -0.25) is 14.6 Å². The lowest BCUT2D eigenvalue weighted by molar-refractivity contribution is -0.192. The van der Waals surface area contributed by atoms with Crippen molar-refractivity contribution < 1.29 is 42.2 Å². The van der Waals surface area contributed by atoms with Crippen LogP contribution in [0.2, 0.25) is 0 Å². The molecule has 0 fully saturated rings. The molecule has 0 saturated heterocycles. The predicted molar refractivity (Wildman–Crippen MR) is 97.2 cm³/mol. The second-order valence-corrected chi connectivity index (χ2v) is 7.58. The Hall–Kier alpha value is -2.41. The number of nitrogens with one attached hydrogen (secondary N) is 1. The molecular formula is C15H15F3N2O6S2. The fourth-order valence-corrected chi connectivity index (χ4v) is 3.41. The first-order chi connectivity index (χ1) is 13.1. The predicted octanol–water partition coefficient (Wildman–Crippen LogP) is 3.05. The summed E-state index contributed by atoms with van der Waals surface area (Å²) in [6.45, 7) is 0.514. The summed E-state index contributed by atoms with van der Waals surface area (Å²) < 4.78 is 36.9. The molecule has 13 heteroatoms. The molecule has 2 heterocycles. The van der Waals surface area contributed by atoms with Crippen LogP contribution < -0.4 is 5.32 Å². The van der Waals surface area contributed by atoms with Gasteiger partial charge >= 0.3 is 18.1 Å². The molecule has 0 aliphatic rings. The molecule has 0 radical (unpaired) electrons. The van der Waals surface area contributed by atoms with E-state index in [1.807, 2.05) is 0 Å². The van der Waals surface area contributed by atoms with Gasteiger partial charge in [0.15, 0.2) is 5.58 Å². The highest BCUT2D eigenvalue weighted by Gasteiger charge is 2.38. The number of aliphatic carboxylic acids is 2. The van der Waals surface area contributed by atoms with Crippen molar-refractivity contribution in [2.75, 3.05) is 18.1 Å². The number of aromatic nitrogens is 1. The summed E-state index contributed by atoms with van der Waals surface area (Å²) in [7, 11) is 3.03. The molecule has 1 amide bonds. The summed E-state index contributed by atoms with van der Waals surface area (Å²) in [6, 6.07) is 3.40. The Balaban J connectivity index is 0.000000480. The first-order valence-corrected chi connectivity index (χ1v) is 9.98. The van der Waals surface area contributed by atoms with Gasteiger partial charge in [0.25, 0.3) is 5.91 Å². The van der Waals surface area contributed by atoms with Crippen LogP contribution in [0.15, 0.2) is 29.0 Å². The standard InChI is InChI=1S/C13H14N2O4S2.C2HF3O2/c16-12(17)2-5-20-21-6-3-14-13(18)9-7-11-10(15-8-9)1-4-19-11;3-2(4,5)1(6)7/h1,4,7-8H,2-3,5-6H2,(H,14,18)(H,16,17);(H,6,7). The first-order valence-electron chi connectivity index (χ1n) is 7.49. The number of alkyl halides is 3. The molecule has 154 valence electrons. The summed E-state index contributed by atoms with van der Waals surface area (Å²) in [5, 5.41) is 18.4. The minimum Gasteiger partial charge on any atom is -0.481 e. The number of carbonyl (C=O) groups excluding carboxylic acids is 1. The zero-order chi connectivity index (χ0) is 21.2. The maximum Gasteiger partial charge on any atom is 0.490 e. The van der Waals surface area contributed by atoms with Crippen molar-refractivity contribution in [3.63, 3.8) is 0 Å². The van der Waals surface area contributed by atoms with Crippen molar-refractivity contribution in [2.24, 2.45) is 0 Å². The van der Waals surface area contributed by atoms with E-state index in [4.69, 9.17) is 19.4 Å². The van der Waals surface area contributed by atoms with E-state index in [1.54, 1.807) is 22.9 Å². The van der Waals surface area contributed by atoms with E-state index < -0.39 is 18.1 Å². The van der Waals surface area contributed by atoms with Gasteiger partial charge in [0.05, 0.1) is 18.2 Å². The molecule has 8 nitrogen and oxygen atoms in total. The molecule has 0 aliphatic carbocycles. The molecule has 0 saturated carbocycles. The fourth-order valence-electron chi connectivity index (χ4n) is 1.53. The summed E-state index contributed by atoms with van der Waals surface area (Å²) in [5.41, 5.74) is 1.76. The molecule has 3 N–H and O–H groups in total. The number of hydrogen-bond acceptors (Lipinski definition) is 7. The number of furan rings is 1. The molecule has 28 heavy (non-hydrogen) atoms. The summed E-state index contributed by atoms with van der Waals surface area (Å²) in [6.07, 6.45) is -1.88. The van der Waals surface area contributed by atoms with Crippen LogP contribution in [-0.4, -0.2) is 57.3 Å². The number of carbonyl (C=O) groups is 3. The van der Waals surface area contributed by atoms with Gasteiger partial charge in [0.2, 0.25) is 0 Å². The number of fused-ring (bicyclic) bond motifs is 1. The van der Waals surface area contributed by atoms with Crippen molar-refractivity contribution in [1.82, 2.24) is 10.3 Å². The van der Waals surface area contributed by atoms with Crippen molar-refractivity contribution in [2.45, 2.75) is 12.6 Å². The third kappa shape index (κ3) is 8.99. The second-order valence-electron chi connectivity index (χ2n) is 4.87. The molecule has 2 aromatic rings. The Bertz CT molecular complexity index is 812. The van der Waals surface area contributed by atoms with E-state index in [0.29, 0.717) is 29.2 Å². The molecule has 0 aliphatic heterocycles. The van der Waals surface area contributed by atoms with Gasteiger partial charge < -0.3 is 19.9 Å². The minimum absolute atomic E-state index is 0.152. The van der Waals surface area contributed by atoms with Crippen LogP contribution in [0.4, 0.5) is 13.2 Å². The van der Waals surface area contributed by atoms with Crippen LogP contribution in [0.25, 0.3) is 11.1 Å². The number of halogens is 3. The number of carboxylic acids is 2. The highest BCUT2D eigenvalue weighted by atomic mass is 33.1. The van der Waals surface area contributed by atoms with E-state index >= 15 is 0 Å². The van der Waals surface area contributed by atoms with E-state index in [0.717, 1.165) is 5.52 Å². The molecular weight excluding hydrogens is 425 g/mol. The van der Waals surface area contributed by atoms with Crippen molar-refractivity contribution in [3.05, 3.63) is 30.2 Å². The quantitative estimate of drug-likeness (QED) is 0.419. The van der Waals surface area contributed by atoms with Crippen molar-refractivity contribution in [3.8, 4) is 0 Å². The van der Waals surface area contributed by atoms with E-state index in [2.05, 4.69) is 10.3 Å². The van der Waals surface area contributed by atoms with Crippen LogP contribution >= 0.6 is 21.6 Å². The zero-order valence-electron chi connectivity index (χ0n) is 14.1. The number of rotatable bonds is 8. The molecule has 0 bridgehead atoms. The molecule has 0 aromatic carbocycles. The third-order valence-electron chi connectivity index (χ3n) is 2.76. The van der Waals surface area contributed by atoms with Gasteiger partial charge in [0, 0.05) is 30.3 Å². The Morgan fingerprint density at radius 1 is 1.18 bits per heavy atom. The molecule has 0 atom stereocenters. The van der Waals surface area contributed by atoms with Gasteiger partial charge in [-0.05, 0) is 6.07 Å². The highest BCUT2D eigenvalue weighted by Crippen LogP contribution is 2.21.